The van der Waals surface area contributed by atoms with Gasteiger partial charge < -0.3 is 14.6 Å². The summed E-state index contributed by atoms with van der Waals surface area (Å²) in [5.74, 6) is -1.09. The van der Waals surface area contributed by atoms with Crippen molar-refractivity contribution in [2.45, 2.75) is 6.92 Å². The molecule has 0 aliphatic heterocycles. The number of carboxylic acid groups (broad SMARTS) is 1. The zero-order valence-electron chi connectivity index (χ0n) is 8.50. The number of ether oxygens (including phenoxy) is 2. The molecule has 0 saturated carbocycles. The molecule has 16 heavy (non-hydrogen) atoms. The number of carboxylic acids is 1. The first kappa shape index (κ1) is 13.1. The number of benzene rings is 1. The fourth-order valence-corrected chi connectivity index (χ4v) is 1.60. The van der Waals surface area contributed by atoms with Crippen molar-refractivity contribution in [3.8, 4) is 5.75 Å². The van der Waals surface area contributed by atoms with Crippen LogP contribution in [0.2, 0.25) is 10.0 Å². The molecule has 1 rings (SSSR count). The number of carbonyl (C=O) groups is 1. The average Bonchev–Trinajstić information content (AvgIpc) is 2.20. The molecular weight excluding hydrogens is 255 g/mol. The van der Waals surface area contributed by atoms with Crippen LogP contribution in [-0.2, 0) is 4.74 Å². The number of halogens is 2. The Hall–Kier alpha value is -0.970. The van der Waals surface area contributed by atoms with E-state index >= 15 is 0 Å². The van der Waals surface area contributed by atoms with Crippen LogP contribution in [0.3, 0.4) is 0 Å². The minimum absolute atomic E-state index is 0.0574. The van der Waals surface area contributed by atoms with Crippen molar-refractivity contribution in [2.24, 2.45) is 0 Å². The normalized spacial score (nSPS) is 10.2. The Labute approximate surface area is 103 Å². The zero-order chi connectivity index (χ0) is 12.1. The van der Waals surface area contributed by atoms with Gasteiger partial charge in [0.1, 0.15) is 5.56 Å². The second-order valence-corrected chi connectivity index (χ2v) is 3.67. The highest BCUT2D eigenvalue weighted by molar-refractivity contribution is 6.36. The van der Waals surface area contributed by atoms with Gasteiger partial charge in [-0.15, -0.1) is 0 Å². The molecule has 0 aromatic heterocycles. The van der Waals surface area contributed by atoms with E-state index in [1.807, 2.05) is 0 Å². The lowest BCUT2D eigenvalue weighted by Crippen LogP contribution is -2.07. The third-order valence-electron chi connectivity index (χ3n) is 1.73. The summed E-state index contributed by atoms with van der Waals surface area (Å²) in [6.07, 6.45) is 0. The minimum atomic E-state index is -1.16. The second kappa shape index (κ2) is 5.94. The summed E-state index contributed by atoms with van der Waals surface area (Å²) in [5, 5.41) is 9.32. The molecule has 0 radical (unpaired) electrons. The molecule has 0 heterocycles. The predicted molar refractivity (Wildman–Crippen MR) is 60.5 cm³/mol. The molecule has 0 amide bonds. The maximum Gasteiger partial charge on any atom is 0.339 e. The Kier molecular flexibility index (Phi) is 4.86. The Morgan fingerprint density at radius 2 is 2.12 bits per heavy atom. The Morgan fingerprint density at radius 1 is 1.44 bits per heavy atom. The maximum atomic E-state index is 10.9. The van der Waals surface area contributed by atoms with Crippen molar-refractivity contribution in [1.29, 1.82) is 0 Å². The highest BCUT2D eigenvalue weighted by Gasteiger charge is 2.16. The van der Waals surface area contributed by atoms with Gasteiger partial charge in [-0.05, 0) is 19.1 Å². The van der Waals surface area contributed by atoms with Crippen molar-refractivity contribution < 1.29 is 19.4 Å². The number of hydrogen-bond donors (Lipinski definition) is 1. The van der Waals surface area contributed by atoms with Crippen molar-refractivity contribution in [2.75, 3.05) is 13.4 Å². The van der Waals surface area contributed by atoms with Gasteiger partial charge in [-0.2, -0.15) is 0 Å². The maximum absolute atomic E-state index is 10.9. The number of rotatable bonds is 5. The Bertz CT molecular complexity index is 393. The number of hydrogen-bond acceptors (Lipinski definition) is 3. The van der Waals surface area contributed by atoms with Crippen LogP contribution >= 0.6 is 23.2 Å². The quantitative estimate of drug-likeness (QED) is 0.656. The summed E-state index contributed by atoms with van der Waals surface area (Å²) >= 11 is 11.5. The van der Waals surface area contributed by atoms with Crippen LogP contribution in [0.15, 0.2) is 12.1 Å². The van der Waals surface area contributed by atoms with Crippen molar-refractivity contribution in [3.05, 3.63) is 27.7 Å². The first-order valence-electron chi connectivity index (χ1n) is 4.49. The van der Waals surface area contributed by atoms with Crippen LogP contribution in [0, 0.1) is 0 Å². The molecule has 0 spiro atoms. The van der Waals surface area contributed by atoms with E-state index in [1.54, 1.807) is 6.92 Å². The van der Waals surface area contributed by atoms with E-state index < -0.39 is 5.97 Å². The standard InChI is InChI=1S/C10H10Cl2O4/c1-2-15-5-16-9-7(10(13)14)3-6(11)4-8(9)12/h3-4H,2,5H2,1H3,(H,13,14). The number of aromatic carboxylic acids is 1. The first-order valence-corrected chi connectivity index (χ1v) is 5.24. The van der Waals surface area contributed by atoms with E-state index in [9.17, 15) is 4.79 Å². The van der Waals surface area contributed by atoms with Gasteiger partial charge in [0.05, 0.1) is 5.02 Å². The molecule has 0 aliphatic rings. The summed E-state index contributed by atoms with van der Waals surface area (Å²) in [7, 11) is 0. The van der Waals surface area contributed by atoms with Crippen LogP contribution in [0.4, 0.5) is 0 Å². The van der Waals surface area contributed by atoms with Crippen LogP contribution in [0.5, 0.6) is 5.75 Å². The first-order chi connectivity index (χ1) is 7.56. The molecular formula is C10H10Cl2O4. The molecule has 1 N–H and O–H groups in total. The van der Waals surface area contributed by atoms with Gasteiger partial charge in [-0.1, -0.05) is 23.2 Å². The van der Waals surface area contributed by atoms with Gasteiger partial charge in [0, 0.05) is 11.6 Å². The van der Waals surface area contributed by atoms with Gasteiger partial charge >= 0.3 is 5.97 Å². The molecule has 0 atom stereocenters. The molecule has 0 bridgehead atoms. The molecule has 0 aliphatic carbocycles. The fourth-order valence-electron chi connectivity index (χ4n) is 1.05. The predicted octanol–water partition coefficient (Wildman–Crippen LogP) is 3.06. The zero-order valence-corrected chi connectivity index (χ0v) is 10.0. The van der Waals surface area contributed by atoms with Crippen molar-refractivity contribution in [1.82, 2.24) is 0 Å². The topological polar surface area (TPSA) is 55.8 Å². The summed E-state index contributed by atoms with van der Waals surface area (Å²) in [6, 6.07) is 2.69. The van der Waals surface area contributed by atoms with E-state index in [1.165, 1.54) is 12.1 Å². The lowest BCUT2D eigenvalue weighted by atomic mass is 10.2. The van der Waals surface area contributed by atoms with E-state index in [2.05, 4.69) is 0 Å². The van der Waals surface area contributed by atoms with Crippen LogP contribution in [0.1, 0.15) is 17.3 Å². The third-order valence-corrected chi connectivity index (χ3v) is 2.23. The van der Waals surface area contributed by atoms with Crippen LogP contribution in [-0.4, -0.2) is 24.5 Å². The van der Waals surface area contributed by atoms with Crippen LogP contribution in [0.25, 0.3) is 0 Å². The minimum Gasteiger partial charge on any atom is -0.478 e. The molecule has 0 fully saturated rings. The Balaban J connectivity index is 2.99. The largest absolute Gasteiger partial charge is 0.478 e. The van der Waals surface area contributed by atoms with Crippen molar-refractivity contribution in [3.63, 3.8) is 0 Å². The van der Waals surface area contributed by atoms with Gasteiger partial charge in [-0.3, -0.25) is 0 Å². The molecule has 1 aromatic carbocycles. The smallest absolute Gasteiger partial charge is 0.339 e. The monoisotopic (exact) mass is 264 g/mol. The van der Waals surface area contributed by atoms with Crippen LogP contribution < -0.4 is 4.74 Å². The molecule has 88 valence electrons. The van der Waals surface area contributed by atoms with E-state index in [0.29, 0.717) is 6.61 Å². The lowest BCUT2D eigenvalue weighted by molar-refractivity contribution is 0.0214. The average molecular weight is 265 g/mol. The third kappa shape index (κ3) is 3.27. The summed E-state index contributed by atoms with van der Waals surface area (Å²) in [6.45, 7) is 2.21. The highest BCUT2D eigenvalue weighted by atomic mass is 35.5. The summed E-state index contributed by atoms with van der Waals surface area (Å²) < 4.78 is 10.1. The molecule has 0 saturated heterocycles. The lowest BCUT2D eigenvalue weighted by Gasteiger charge is -2.10. The fraction of sp³-hybridized carbons (Fsp3) is 0.300. The molecule has 1 aromatic rings. The van der Waals surface area contributed by atoms with Gasteiger partial charge in [0.2, 0.25) is 0 Å². The summed E-state index contributed by atoms with van der Waals surface area (Å²) in [4.78, 5) is 10.9. The van der Waals surface area contributed by atoms with Gasteiger partial charge in [0.15, 0.2) is 12.5 Å². The molecule has 0 unspecified atom stereocenters. The van der Waals surface area contributed by atoms with E-state index in [4.69, 9.17) is 37.8 Å². The van der Waals surface area contributed by atoms with Gasteiger partial charge in [-0.25, -0.2) is 4.79 Å². The second-order valence-electron chi connectivity index (χ2n) is 2.82. The molecule has 4 nitrogen and oxygen atoms in total. The van der Waals surface area contributed by atoms with Crippen molar-refractivity contribution >= 4 is 29.2 Å². The molecule has 6 heteroatoms. The van der Waals surface area contributed by atoms with E-state index in [0.717, 1.165) is 0 Å². The Morgan fingerprint density at radius 3 is 2.69 bits per heavy atom. The van der Waals surface area contributed by atoms with E-state index in [-0.39, 0.29) is 28.2 Å². The highest BCUT2D eigenvalue weighted by Crippen LogP contribution is 2.32. The SMILES string of the molecule is CCOCOc1c(Cl)cc(Cl)cc1C(=O)O. The summed E-state index contributed by atoms with van der Waals surface area (Å²) in [5.41, 5.74) is -0.0859. The van der Waals surface area contributed by atoms with Gasteiger partial charge in [0.25, 0.3) is 0 Å².